The molecule has 0 aromatic carbocycles. The average molecular weight is 314 g/mol. The van der Waals surface area contributed by atoms with Crippen molar-refractivity contribution in [3.05, 3.63) is 20.8 Å². The molecule has 0 aliphatic heterocycles. The Labute approximate surface area is 114 Å². The number of halogens is 1. The summed E-state index contributed by atoms with van der Waals surface area (Å²) in [7, 11) is 0. The summed E-state index contributed by atoms with van der Waals surface area (Å²) >= 11 is 5.01. The summed E-state index contributed by atoms with van der Waals surface area (Å²) in [4.78, 5) is 14.5. The Morgan fingerprint density at radius 1 is 1.29 bits per heavy atom. The Morgan fingerprint density at radius 2 is 1.88 bits per heavy atom. The van der Waals surface area contributed by atoms with E-state index in [9.17, 15) is 4.79 Å². The van der Waals surface area contributed by atoms with Gasteiger partial charge in [-0.2, -0.15) is 0 Å². The van der Waals surface area contributed by atoms with Gasteiger partial charge in [0.05, 0.1) is 9.35 Å². The third kappa shape index (κ3) is 3.10. The van der Waals surface area contributed by atoms with Crippen LogP contribution in [0.25, 0.3) is 0 Å². The first-order chi connectivity index (χ1) is 8.22. The highest BCUT2D eigenvalue weighted by molar-refractivity contribution is 9.11. The van der Waals surface area contributed by atoms with Crippen molar-refractivity contribution >= 4 is 33.2 Å². The van der Waals surface area contributed by atoms with E-state index < -0.39 is 0 Å². The van der Waals surface area contributed by atoms with Crippen LogP contribution in [0.5, 0.6) is 0 Å². The van der Waals surface area contributed by atoms with E-state index >= 15 is 0 Å². The van der Waals surface area contributed by atoms with E-state index in [2.05, 4.69) is 20.8 Å². The Kier molecular flexibility index (Phi) is 3.26. The van der Waals surface area contributed by atoms with Gasteiger partial charge in [0.2, 0.25) is 0 Å². The van der Waals surface area contributed by atoms with E-state index in [1.165, 1.54) is 25.7 Å². The highest BCUT2D eigenvalue weighted by atomic mass is 79.9. The largest absolute Gasteiger partial charge is 0.338 e. The van der Waals surface area contributed by atoms with E-state index in [4.69, 9.17) is 0 Å². The van der Waals surface area contributed by atoms with E-state index in [0.29, 0.717) is 0 Å². The monoisotopic (exact) mass is 313 g/mol. The fraction of sp³-hybridized carbons (Fsp3) is 0.615. The van der Waals surface area contributed by atoms with Crippen LogP contribution < -0.4 is 0 Å². The molecule has 3 rings (SSSR count). The van der Waals surface area contributed by atoms with Crippen molar-refractivity contribution in [1.29, 1.82) is 0 Å². The second-order valence-corrected chi connectivity index (χ2v) is 7.53. The van der Waals surface area contributed by atoms with E-state index in [1.807, 2.05) is 11.4 Å². The number of hydrogen-bond acceptors (Lipinski definition) is 2. The van der Waals surface area contributed by atoms with Gasteiger partial charge < -0.3 is 4.90 Å². The number of carbonyl (C=O) groups excluding carboxylic acids is 1. The summed E-state index contributed by atoms with van der Waals surface area (Å²) in [6.07, 6.45) is 5.23. The lowest BCUT2D eigenvalue weighted by atomic mass is 10.2. The van der Waals surface area contributed by atoms with Crippen molar-refractivity contribution in [2.75, 3.05) is 13.1 Å². The minimum absolute atomic E-state index is 0.228. The first-order valence-corrected chi connectivity index (χ1v) is 7.93. The van der Waals surface area contributed by atoms with Crippen LogP contribution in [0, 0.1) is 11.8 Å². The number of thiophene rings is 1. The SMILES string of the molecule is O=C(c1csc(Br)c1)N(CC1CC1)CC1CC1. The highest BCUT2D eigenvalue weighted by Crippen LogP contribution is 2.34. The maximum absolute atomic E-state index is 12.4. The summed E-state index contributed by atoms with van der Waals surface area (Å²) in [5, 5.41) is 1.96. The van der Waals surface area contributed by atoms with E-state index in [1.54, 1.807) is 11.3 Å². The van der Waals surface area contributed by atoms with Gasteiger partial charge in [0, 0.05) is 18.5 Å². The Morgan fingerprint density at radius 3 is 2.29 bits per heavy atom. The van der Waals surface area contributed by atoms with Gasteiger partial charge in [-0.25, -0.2) is 0 Å². The molecule has 2 fully saturated rings. The lowest BCUT2D eigenvalue weighted by Gasteiger charge is -2.22. The van der Waals surface area contributed by atoms with Gasteiger partial charge in [0.15, 0.2) is 0 Å². The predicted molar refractivity (Wildman–Crippen MR) is 73.4 cm³/mol. The molecular formula is C13H16BrNOS. The summed E-state index contributed by atoms with van der Waals surface area (Å²) in [5.41, 5.74) is 0.850. The molecular weight excluding hydrogens is 298 g/mol. The van der Waals surface area contributed by atoms with Crippen LogP contribution in [0.1, 0.15) is 36.0 Å². The zero-order valence-electron chi connectivity index (χ0n) is 9.69. The van der Waals surface area contributed by atoms with Crippen LogP contribution in [0.4, 0.5) is 0 Å². The van der Waals surface area contributed by atoms with Crippen LogP contribution >= 0.6 is 27.3 Å². The quantitative estimate of drug-likeness (QED) is 0.810. The van der Waals surface area contributed by atoms with Crippen LogP contribution in [0.15, 0.2) is 15.2 Å². The molecule has 1 heterocycles. The third-order valence-electron chi connectivity index (χ3n) is 3.45. The zero-order chi connectivity index (χ0) is 11.8. The maximum atomic E-state index is 12.4. The van der Waals surface area contributed by atoms with Gasteiger partial charge in [-0.3, -0.25) is 4.79 Å². The predicted octanol–water partition coefficient (Wildman–Crippen LogP) is 3.77. The Bertz CT molecular complexity index is 409. The molecule has 2 aliphatic carbocycles. The number of rotatable bonds is 5. The molecule has 0 saturated heterocycles. The number of amides is 1. The number of carbonyl (C=O) groups is 1. The van der Waals surface area contributed by atoms with Crippen LogP contribution in [-0.4, -0.2) is 23.9 Å². The smallest absolute Gasteiger partial charge is 0.254 e. The molecule has 0 radical (unpaired) electrons. The summed E-state index contributed by atoms with van der Waals surface area (Å²) < 4.78 is 1.04. The average Bonchev–Trinajstić information content (AvgIpc) is 3.21. The molecule has 0 atom stereocenters. The number of hydrogen-bond donors (Lipinski definition) is 0. The van der Waals surface area contributed by atoms with Gasteiger partial charge >= 0.3 is 0 Å². The first-order valence-electron chi connectivity index (χ1n) is 6.25. The minimum Gasteiger partial charge on any atom is -0.338 e. The number of nitrogens with zero attached hydrogens (tertiary/aromatic N) is 1. The molecule has 2 aliphatic rings. The fourth-order valence-electron chi connectivity index (χ4n) is 2.07. The van der Waals surface area contributed by atoms with Crippen LogP contribution in [0.2, 0.25) is 0 Å². The third-order valence-corrected chi connectivity index (χ3v) is 4.96. The molecule has 4 heteroatoms. The Hall–Kier alpha value is -0.350. The van der Waals surface area contributed by atoms with Crippen molar-refractivity contribution in [2.24, 2.45) is 11.8 Å². The van der Waals surface area contributed by atoms with Crippen molar-refractivity contribution < 1.29 is 4.79 Å². The summed E-state index contributed by atoms with van der Waals surface area (Å²) in [5.74, 6) is 1.78. The fourth-order valence-corrected chi connectivity index (χ4v) is 3.20. The second kappa shape index (κ2) is 4.73. The van der Waals surface area contributed by atoms with Gasteiger partial charge in [0.25, 0.3) is 5.91 Å². The molecule has 0 spiro atoms. The summed E-state index contributed by atoms with van der Waals surface area (Å²) in [6.45, 7) is 1.95. The second-order valence-electron chi connectivity index (χ2n) is 5.24. The zero-order valence-corrected chi connectivity index (χ0v) is 12.1. The van der Waals surface area contributed by atoms with Crippen molar-refractivity contribution in [1.82, 2.24) is 4.90 Å². The van der Waals surface area contributed by atoms with E-state index in [0.717, 1.165) is 34.3 Å². The molecule has 1 amide bonds. The lowest BCUT2D eigenvalue weighted by Crippen LogP contribution is -2.34. The van der Waals surface area contributed by atoms with Crippen LogP contribution in [-0.2, 0) is 0 Å². The molecule has 2 nitrogen and oxygen atoms in total. The van der Waals surface area contributed by atoms with Crippen LogP contribution in [0.3, 0.4) is 0 Å². The van der Waals surface area contributed by atoms with Gasteiger partial charge in [-0.05, 0) is 59.5 Å². The normalized spacial score (nSPS) is 19.4. The summed E-state index contributed by atoms with van der Waals surface area (Å²) in [6, 6.07) is 1.94. The molecule has 1 aromatic heterocycles. The highest BCUT2D eigenvalue weighted by Gasteiger charge is 2.32. The molecule has 0 N–H and O–H groups in total. The molecule has 0 bridgehead atoms. The molecule has 17 heavy (non-hydrogen) atoms. The van der Waals surface area contributed by atoms with Gasteiger partial charge in [-0.1, -0.05) is 0 Å². The van der Waals surface area contributed by atoms with E-state index in [-0.39, 0.29) is 5.91 Å². The van der Waals surface area contributed by atoms with Gasteiger partial charge in [0.1, 0.15) is 0 Å². The molecule has 2 saturated carbocycles. The molecule has 92 valence electrons. The Balaban J connectivity index is 1.69. The van der Waals surface area contributed by atoms with Crippen molar-refractivity contribution in [2.45, 2.75) is 25.7 Å². The molecule has 0 unspecified atom stereocenters. The maximum Gasteiger partial charge on any atom is 0.254 e. The lowest BCUT2D eigenvalue weighted by molar-refractivity contribution is 0.0740. The van der Waals surface area contributed by atoms with Crippen molar-refractivity contribution in [3.63, 3.8) is 0 Å². The van der Waals surface area contributed by atoms with Gasteiger partial charge in [-0.15, -0.1) is 11.3 Å². The van der Waals surface area contributed by atoms with Crippen molar-refractivity contribution in [3.8, 4) is 0 Å². The standard InChI is InChI=1S/C13H16BrNOS/c14-12-5-11(8-17-12)13(16)15(6-9-1-2-9)7-10-3-4-10/h5,8-10H,1-4,6-7H2. The first kappa shape index (κ1) is 11.7. The molecule has 1 aromatic rings. The minimum atomic E-state index is 0.228. The topological polar surface area (TPSA) is 20.3 Å².